The van der Waals surface area contributed by atoms with E-state index in [2.05, 4.69) is 0 Å². The summed E-state index contributed by atoms with van der Waals surface area (Å²) in [5.74, 6) is -0.133. The van der Waals surface area contributed by atoms with Gasteiger partial charge in [-0.1, -0.05) is 48.0 Å². The molecule has 4 nitrogen and oxygen atoms in total. The van der Waals surface area contributed by atoms with Crippen LogP contribution < -0.4 is 10.4 Å². The third-order valence-corrected chi connectivity index (χ3v) is 4.26. The molecule has 4 aromatic rings. The molecule has 4 rings (SSSR count). The van der Waals surface area contributed by atoms with Gasteiger partial charge in [-0.05, 0) is 42.8 Å². The molecule has 0 bridgehead atoms. The molecule has 0 N–H and O–H groups in total. The summed E-state index contributed by atoms with van der Waals surface area (Å²) in [6.45, 7) is 1.91. The lowest BCUT2D eigenvalue weighted by molar-refractivity contribution is 0.0735. The molecule has 0 saturated carbocycles. The van der Waals surface area contributed by atoms with Crippen molar-refractivity contribution in [3.05, 3.63) is 100 Å². The number of carbonyl (C=O) groups excluding carboxylic acids is 1. The molecular formula is C23H16O4. The van der Waals surface area contributed by atoms with Crippen molar-refractivity contribution in [3.63, 3.8) is 0 Å². The van der Waals surface area contributed by atoms with Crippen molar-refractivity contribution < 1.29 is 13.9 Å². The zero-order valence-corrected chi connectivity index (χ0v) is 14.6. The Bertz CT molecular complexity index is 1190. The number of hydrogen-bond acceptors (Lipinski definition) is 4. The zero-order chi connectivity index (χ0) is 18.8. The van der Waals surface area contributed by atoms with Crippen molar-refractivity contribution in [1.82, 2.24) is 0 Å². The van der Waals surface area contributed by atoms with Gasteiger partial charge in [0.1, 0.15) is 11.3 Å². The molecule has 0 atom stereocenters. The van der Waals surface area contributed by atoms with Crippen LogP contribution in [-0.4, -0.2) is 5.97 Å². The summed E-state index contributed by atoms with van der Waals surface area (Å²) in [7, 11) is 0. The molecule has 0 spiro atoms. The van der Waals surface area contributed by atoms with Crippen LogP contribution in [0.2, 0.25) is 0 Å². The molecule has 0 amide bonds. The fourth-order valence-corrected chi connectivity index (χ4v) is 2.91. The first-order chi connectivity index (χ1) is 13.1. The number of rotatable bonds is 3. The predicted molar refractivity (Wildman–Crippen MR) is 104 cm³/mol. The van der Waals surface area contributed by atoms with Crippen molar-refractivity contribution in [2.45, 2.75) is 6.92 Å². The highest BCUT2D eigenvalue weighted by Gasteiger charge is 2.12. The van der Waals surface area contributed by atoms with E-state index < -0.39 is 11.6 Å². The number of benzene rings is 3. The summed E-state index contributed by atoms with van der Waals surface area (Å²) < 4.78 is 10.9. The summed E-state index contributed by atoms with van der Waals surface area (Å²) in [5, 5.41) is 0.754. The van der Waals surface area contributed by atoms with E-state index in [1.807, 2.05) is 43.3 Å². The van der Waals surface area contributed by atoms with E-state index in [0.29, 0.717) is 22.5 Å². The lowest BCUT2D eigenvalue weighted by Crippen LogP contribution is -2.08. The highest BCUT2D eigenvalue weighted by molar-refractivity contribution is 5.92. The fraction of sp³-hybridized carbons (Fsp3) is 0.0435. The lowest BCUT2D eigenvalue weighted by atomic mass is 10.1. The van der Waals surface area contributed by atoms with Crippen LogP contribution in [0.25, 0.3) is 22.1 Å². The SMILES string of the molecule is Cc1cccc(C(=O)Oc2ccc3cc(-c4ccccc4)c(=O)oc3c2)c1. The molecule has 0 aliphatic heterocycles. The quantitative estimate of drug-likeness (QED) is 0.295. The number of hydrogen-bond donors (Lipinski definition) is 0. The smallest absolute Gasteiger partial charge is 0.344 e. The third-order valence-electron chi connectivity index (χ3n) is 4.26. The van der Waals surface area contributed by atoms with Gasteiger partial charge in [0.25, 0.3) is 0 Å². The first kappa shape index (κ1) is 16.8. The Labute approximate surface area is 155 Å². The van der Waals surface area contributed by atoms with Crippen molar-refractivity contribution >= 4 is 16.9 Å². The van der Waals surface area contributed by atoms with Gasteiger partial charge < -0.3 is 9.15 Å². The van der Waals surface area contributed by atoms with Crippen molar-refractivity contribution in [2.75, 3.05) is 0 Å². The summed E-state index contributed by atoms with van der Waals surface area (Å²) in [6.07, 6.45) is 0. The van der Waals surface area contributed by atoms with Gasteiger partial charge in [-0.25, -0.2) is 9.59 Å². The topological polar surface area (TPSA) is 56.5 Å². The summed E-state index contributed by atoms with van der Waals surface area (Å²) in [6, 6.07) is 23.3. The summed E-state index contributed by atoms with van der Waals surface area (Å²) >= 11 is 0. The number of fused-ring (bicyclic) bond motifs is 1. The molecule has 132 valence electrons. The molecule has 4 heteroatoms. The first-order valence-corrected chi connectivity index (χ1v) is 8.52. The van der Waals surface area contributed by atoms with Crippen LogP contribution in [0.5, 0.6) is 5.75 Å². The lowest BCUT2D eigenvalue weighted by Gasteiger charge is -2.07. The standard InChI is InChI=1S/C23H16O4/c1-15-6-5-9-18(12-15)22(24)26-19-11-10-17-13-20(16-7-3-2-4-8-16)23(25)27-21(17)14-19/h2-14H,1H3. The Balaban J connectivity index is 1.67. The van der Waals surface area contributed by atoms with Crippen LogP contribution in [0.4, 0.5) is 0 Å². The second-order valence-corrected chi connectivity index (χ2v) is 6.27. The fourth-order valence-electron chi connectivity index (χ4n) is 2.91. The van der Waals surface area contributed by atoms with Crippen molar-refractivity contribution in [1.29, 1.82) is 0 Å². The van der Waals surface area contributed by atoms with Gasteiger partial charge in [0, 0.05) is 11.5 Å². The normalized spacial score (nSPS) is 10.7. The molecule has 0 unspecified atom stereocenters. The van der Waals surface area contributed by atoms with Crippen LogP contribution in [0.3, 0.4) is 0 Å². The molecule has 0 saturated heterocycles. The van der Waals surface area contributed by atoms with Crippen LogP contribution >= 0.6 is 0 Å². The Morgan fingerprint density at radius 3 is 2.48 bits per heavy atom. The molecule has 0 fully saturated rings. The minimum absolute atomic E-state index is 0.324. The maximum atomic E-state index is 12.4. The summed E-state index contributed by atoms with van der Waals surface area (Å²) in [5.41, 5.74) is 2.67. The number of aryl methyl sites for hydroxylation is 1. The van der Waals surface area contributed by atoms with E-state index in [4.69, 9.17) is 9.15 Å². The maximum absolute atomic E-state index is 12.4. The number of esters is 1. The van der Waals surface area contributed by atoms with E-state index in [0.717, 1.165) is 16.5 Å². The van der Waals surface area contributed by atoms with Gasteiger partial charge >= 0.3 is 11.6 Å². The second-order valence-electron chi connectivity index (χ2n) is 6.27. The molecule has 0 aliphatic carbocycles. The van der Waals surface area contributed by atoms with Crippen LogP contribution in [0, 0.1) is 6.92 Å². The molecule has 0 radical (unpaired) electrons. The highest BCUT2D eigenvalue weighted by atomic mass is 16.5. The van der Waals surface area contributed by atoms with Gasteiger partial charge in [0.05, 0.1) is 11.1 Å². The van der Waals surface area contributed by atoms with E-state index in [9.17, 15) is 9.59 Å². The molecule has 1 heterocycles. The van der Waals surface area contributed by atoms with E-state index >= 15 is 0 Å². The van der Waals surface area contributed by atoms with E-state index in [1.165, 1.54) is 0 Å². The van der Waals surface area contributed by atoms with Crippen LogP contribution in [0.15, 0.2) is 88.1 Å². The molecule has 1 aromatic heterocycles. The number of carbonyl (C=O) groups is 1. The van der Waals surface area contributed by atoms with Gasteiger partial charge in [-0.3, -0.25) is 0 Å². The van der Waals surface area contributed by atoms with E-state index in [1.54, 1.807) is 42.5 Å². The average molecular weight is 356 g/mol. The summed E-state index contributed by atoms with van der Waals surface area (Å²) in [4.78, 5) is 24.6. The van der Waals surface area contributed by atoms with E-state index in [-0.39, 0.29) is 0 Å². The zero-order valence-electron chi connectivity index (χ0n) is 14.6. The van der Waals surface area contributed by atoms with Gasteiger partial charge in [0.2, 0.25) is 0 Å². The third kappa shape index (κ3) is 3.51. The second kappa shape index (κ2) is 6.92. The Morgan fingerprint density at radius 1 is 0.889 bits per heavy atom. The van der Waals surface area contributed by atoms with Crippen molar-refractivity contribution in [3.8, 4) is 16.9 Å². The monoisotopic (exact) mass is 356 g/mol. The Morgan fingerprint density at radius 2 is 1.70 bits per heavy atom. The maximum Gasteiger partial charge on any atom is 0.344 e. The first-order valence-electron chi connectivity index (χ1n) is 8.52. The largest absolute Gasteiger partial charge is 0.423 e. The van der Waals surface area contributed by atoms with Crippen LogP contribution in [0.1, 0.15) is 15.9 Å². The van der Waals surface area contributed by atoms with Gasteiger partial charge in [-0.2, -0.15) is 0 Å². The van der Waals surface area contributed by atoms with Gasteiger partial charge in [-0.15, -0.1) is 0 Å². The highest BCUT2D eigenvalue weighted by Crippen LogP contribution is 2.25. The Hall–Kier alpha value is -3.66. The molecule has 3 aromatic carbocycles. The van der Waals surface area contributed by atoms with Crippen molar-refractivity contribution in [2.24, 2.45) is 0 Å². The minimum atomic E-state index is -0.457. The van der Waals surface area contributed by atoms with Gasteiger partial charge in [0.15, 0.2) is 0 Å². The predicted octanol–water partition coefficient (Wildman–Crippen LogP) is 4.99. The number of ether oxygens (including phenoxy) is 1. The Kier molecular flexibility index (Phi) is 4.30. The molecule has 27 heavy (non-hydrogen) atoms. The average Bonchev–Trinajstić information content (AvgIpc) is 2.68. The minimum Gasteiger partial charge on any atom is -0.423 e. The van der Waals surface area contributed by atoms with Crippen LogP contribution in [-0.2, 0) is 0 Å². The molecular weight excluding hydrogens is 340 g/mol. The molecule has 0 aliphatic rings.